The van der Waals surface area contributed by atoms with E-state index in [2.05, 4.69) is 0 Å². The summed E-state index contributed by atoms with van der Waals surface area (Å²) >= 11 is 5.66. The van der Waals surface area contributed by atoms with E-state index in [-0.39, 0.29) is 5.43 Å². The van der Waals surface area contributed by atoms with Crippen LogP contribution in [-0.4, -0.2) is 12.5 Å². The molecule has 0 saturated carbocycles. The van der Waals surface area contributed by atoms with Crippen LogP contribution >= 0.6 is 11.6 Å². The summed E-state index contributed by atoms with van der Waals surface area (Å²) in [6, 6.07) is 16.4. The molecular weight excluding hydrogens is 300 g/mol. The Morgan fingerprint density at radius 3 is 2.64 bits per heavy atom. The number of ether oxygens (including phenoxy) is 1. The van der Waals surface area contributed by atoms with Crippen molar-refractivity contribution in [1.82, 2.24) is 0 Å². The first kappa shape index (κ1) is 14.7. The van der Waals surface area contributed by atoms with Gasteiger partial charge in [-0.05, 0) is 18.6 Å². The lowest BCUT2D eigenvalue weighted by Crippen LogP contribution is -2.03. The quantitative estimate of drug-likeness (QED) is 0.515. The molecule has 1 heterocycles. The second-order valence-corrected chi connectivity index (χ2v) is 5.24. The van der Waals surface area contributed by atoms with Gasteiger partial charge >= 0.3 is 0 Å². The topological polar surface area (TPSA) is 39.4 Å². The van der Waals surface area contributed by atoms with Crippen molar-refractivity contribution < 1.29 is 9.15 Å². The molecule has 0 aliphatic carbocycles. The number of benzene rings is 2. The molecule has 112 valence electrons. The van der Waals surface area contributed by atoms with E-state index in [0.717, 1.165) is 12.0 Å². The van der Waals surface area contributed by atoms with Gasteiger partial charge in [-0.2, -0.15) is 0 Å². The summed E-state index contributed by atoms with van der Waals surface area (Å²) in [4.78, 5) is 12.3. The lowest BCUT2D eigenvalue weighted by molar-refractivity contribution is 0.317. The van der Waals surface area contributed by atoms with Crippen molar-refractivity contribution in [3.05, 3.63) is 64.8 Å². The first-order valence-electron chi connectivity index (χ1n) is 7.10. The molecular formula is C18H15ClO3. The average Bonchev–Trinajstić information content (AvgIpc) is 2.56. The monoisotopic (exact) mass is 314 g/mol. The van der Waals surface area contributed by atoms with Gasteiger partial charge in [-0.25, -0.2) is 0 Å². The lowest BCUT2D eigenvalue weighted by Gasteiger charge is -2.09. The molecule has 22 heavy (non-hydrogen) atoms. The van der Waals surface area contributed by atoms with E-state index in [0.29, 0.717) is 35.0 Å². The zero-order valence-corrected chi connectivity index (χ0v) is 12.7. The number of rotatable bonds is 5. The van der Waals surface area contributed by atoms with Crippen molar-refractivity contribution in [2.75, 3.05) is 12.5 Å². The molecule has 4 heteroatoms. The fourth-order valence-electron chi connectivity index (χ4n) is 2.25. The summed E-state index contributed by atoms with van der Waals surface area (Å²) in [7, 11) is 0. The first-order chi connectivity index (χ1) is 10.8. The largest absolute Gasteiger partial charge is 0.490 e. The number of hydrogen-bond acceptors (Lipinski definition) is 3. The average molecular weight is 315 g/mol. The van der Waals surface area contributed by atoms with Crippen LogP contribution in [0.15, 0.2) is 63.8 Å². The minimum Gasteiger partial charge on any atom is -0.490 e. The van der Waals surface area contributed by atoms with Gasteiger partial charge in [0.15, 0.2) is 16.8 Å². The second-order valence-electron chi connectivity index (χ2n) is 4.86. The van der Waals surface area contributed by atoms with Crippen LogP contribution in [0.5, 0.6) is 5.75 Å². The number of hydrogen-bond donors (Lipinski definition) is 0. The third-order valence-electron chi connectivity index (χ3n) is 3.31. The zero-order chi connectivity index (χ0) is 15.4. The standard InChI is InChI=1S/C18H15ClO3/c19-10-5-11-21-16-9-4-8-14-15(20)12-17(22-18(14)16)13-6-2-1-3-7-13/h1-4,6-9,12H,5,10-11H2. The van der Waals surface area contributed by atoms with Crippen molar-refractivity contribution in [1.29, 1.82) is 0 Å². The highest BCUT2D eigenvalue weighted by atomic mass is 35.5. The minimum absolute atomic E-state index is 0.0807. The molecule has 0 aliphatic heterocycles. The van der Waals surface area contributed by atoms with Gasteiger partial charge < -0.3 is 9.15 Å². The summed E-state index contributed by atoms with van der Waals surface area (Å²) in [5, 5.41) is 0.517. The Balaban J connectivity index is 2.10. The maximum Gasteiger partial charge on any atom is 0.193 e. The molecule has 3 aromatic rings. The van der Waals surface area contributed by atoms with E-state index < -0.39 is 0 Å². The van der Waals surface area contributed by atoms with Crippen molar-refractivity contribution in [2.24, 2.45) is 0 Å². The molecule has 0 spiro atoms. The highest BCUT2D eigenvalue weighted by Gasteiger charge is 2.11. The Morgan fingerprint density at radius 2 is 1.86 bits per heavy atom. The molecule has 0 radical (unpaired) electrons. The van der Waals surface area contributed by atoms with Gasteiger partial charge in [-0.1, -0.05) is 36.4 Å². The van der Waals surface area contributed by atoms with Crippen molar-refractivity contribution in [2.45, 2.75) is 6.42 Å². The molecule has 0 bridgehead atoms. The van der Waals surface area contributed by atoms with Gasteiger partial charge in [0.05, 0.1) is 12.0 Å². The Kier molecular flexibility index (Phi) is 4.45. The summed E-state index contributed by atoms with van der Waals surface area (Å²) < 4.78 is 11.6. The molecule has 0 saturated heterocycles. The maximum atomic E-state index is 12.3. The lowest BCUT2D eigenvalue weighted by atomic mass is 10.1. The third-order valence-corrected chi connectivity index (χ3v) is 3.58. The van der Waals surface area contributed by atoms with Crippen LogP contribution in [0.4, 0.5) is 0 Å². The van der Waals surface area contributed by atoms with Crippen LogP contribution in [0.25, 0.3) is 22.3 Å². The number of para-hydroxylation sites is 1. The highest BCUT2D eigenvalue weighted by Crippen LogP contribution is 2.28. The summed E-state index contributed by atoms with van der Waals surface area (Å²) in [5.41, 5.74) is 1.25. The third kappa shape index (κ3) is 3.00. The number of alkyl halides is 1. The van der Waals surface area contributed by atoms with E-state index in [4.69, 9.17) is 20.8 Å². The van der Waals surface area contributed by atoms with Crippen LogP contribution in [0.1, 0.15) is 6.42 Å². The Bertz CT molecular complexity index is 825. The second kappa shape index (κ2) is 6.67. The normalized spacial score (nSPS) is 10.8. The van der Waals surface area contributed by atoms with Crippen LogP contribution in [-0.2, 0) is 0 Å². The van der Waals surface area contributed by atoms with Crippen molar-refractivity contribution in [3.63, 3.8) is 0 Å². The van der Waals surface area contributed by atoms with Gasteiger partial charge in [0, 0.05) is 17.5 Å². The van der Waals surface area contributed by atoms with Gasteiger partial charge in [-0.3, -0.25) is 4.79 Å². The first-order valence-corrected chi connectivity index (χ1v) is 7.64. The van der Waals surface area contributed by atoms with Gasteiger partial charge in [0.2, 0.25) is 0 Å². The van der Waals surface area contributed by atoms with E-state index in [1.54, 1.807) is 18.2 Å². The predicted octanol–water partition coefficient (Wildman–Crippen LogP) is 4.47. The molecule has 3 rings (SSSR count). The van der Waals surface area contributed by atoms with E-state index in [1.807, 2.05) is 30.3 Å². The molecule has 3 nitrogen and oxygen atoms in total. The van der Waals surface area contributed by atoms with Crippen LogP contribution in [0, 0.1) is 0 Å². The summed E-state index contributed by atoms with van der Waals surface area (Å²) in [6.45, 7) is 0.488. The smallest absolute Gasteiger partial charge is 0.193 e. The highest BCUT2D eigenvalue weighted by molar-refractivity contribution is 6.17. The molecule has 2 aromatic carbocycles. The molecule has 0 amide bonds. The Hall–Kier alpha value is -2.26. The van der Waals surface area contributed by atoms with E-state index in [1.165, 1.54) is 6.07 Å². The van der Waals surface area contributed by atoms with Crippen LogP contribution in [0.2, 0.25) is 0 Å². The number of halogens is 1. The Labute approximate surface area is 133 Å². The SMILES string of the molecule is O=c1cc(-c2ccccc2)oc2c(OCCCCl)cccc12. The van der Waals surface area contributed by atoms with Gasteiger partial charge in [-0.15, -0.1) is 11.6 Å². The molecule has 1 aromatic heterocycles. The van der Waals surface area contributed by atoms with Crippen molar-refractivity contribution in [3.8, 4) is 17.1 Å². The number of fused-ring (bicyclic) bond motifs is 1. The summed E-state index contributed by atoms with van der Waals surface area (Å²) in [6.07, 6.45) is 0.737. The fraction of sp³-hybridized carbons (Fsp3) is 0.167. The van der Waals surface area contributed by atoms with Gasteiger partial charge in [0.1, 0.15) is 5.76 Å². The molecule has 0 atom stereocenters. The van der Waals surface area contributed by atoms with Crippen molar-refractivity contribution >= 4 is 22.6 Å². The molecule has 0 aliphatic rings. The Morgan fingerprint density at radius 1 is 1.05 bits per heavy atom. The van der Waals surface area contributed by atoms with Crippen LogP contribution < -0.4 is 10.2 Å². The van der Waals surface area contributed by atoms with E-state index >= 15 is 0 Å². The molecule has 0 unspecified atom stereocenters. The van der Waals surface area contributed by atoms with Gasteiger partial charge in [0.25, 0.3) is 0 Å². The van der Waals surface area contributed by atoms with E-state index in [9.17, 15) is 4.79 Å². The fourth-order valence-corrected chi connectivity index (χ4v) is 2.36. The maximum absolute atomic E-state index is 12.3. The summed E-state index contributed by atoms with van der Waals surface area (Å²) in [5.74, 6) is 1.63. The molecule has 0 fully saturated rings. The molecule has 0 N–H and O–H groups in total. The van der Waals surface area contributed by atoms with Crippen LogP contribution in [0.3, 0.4) is 0 Å². The minimum atomic E-state index is -0.0807. The zero-order valence-electron chi connectivity index (χ0n) is 11.9. The predicted molar refractivity (Wildman–Crippen MR) is 88.8 cm³/mol.